The van der Waals surface area contributed by atoms with Crippen molar-refractivity contribution in [2.45, 2.75) is 6.42 Å². The minimum absolute atomic E-state index is 0.761. The SMILES string of the molecule is Cn1cnc(CCNc2ccccc2N)n1. The molecule has 0 spiro atoms. The second-order valence-corrected chi connectivity index (χ2v) is 3.60. The highest BCUT2D eigenvalue weighted by Gasteiger charge is 1.99. The molecule has 0 aliphatic heterocycles. The van der Waals surface area contributed by atoms with E-state index in [-0.39, 0.29) is 0 Å². The van der Waals surface area contributed by atoms with Crippen molar-refractivity contribution in [3.63, 3.8) is 0 Å². The fourth-order valence-electron chi connectivity index (χ4n) is 1.47. The van der Waals surface area contributed by atoms with E-state index in [1.54, 1.807) is 11.0 Å². The van der Waals surface area contributed by atoms with Crippen LogP contribution < -0.4 is 11.1 Å². The number of rotatable bonds is 4. The zero-order valence-corrected chi connectivity index (χ0v) is 9.22. The molecule has 5 nitrogen and oxygen atoms in total. The molecule has 16 heavy (non-hydrogen) atoms. The van der Waals surface area contributed by atoms with Gasteiger partial charge in [0.15, 0.2) is 5.82 Å². The van der Waals surface area contributed by atoms with E-state index < -0.39 is 0 Å². The Morgan fingerprint density at radius 1 is 1.38 bits per heavy atom. The summed E-state index contributed by atoms with van der Waals surface area (Å²) < 4.78 is 1.70. The highest BCUT2D eigenvalue weighted by Crippen LogP contribution is 2.16. The number of hydrogen-bond acceptors (Lipinski definition) is 4. The van der Waals surface area contributed by atoms with Crippen molar-refractivity contribution in [3.05, 3.63) is 36.4 Å². The van der Waals surface area contributed by atoms with Crippen molar-refractivity contribution in [2.75, 3.05) is 17.6 Å². The Balaban J connectivity index is 1.87. The normalized spacial score (nSPS) is 10.3. The Labute approximate surface area is 94.3 Å². The maximum Gasteiger partial charge on any atom is 0.152 e. The third-order valence-electron chi connectivity index (χ3n) is 2.27. The summed E-state index contributed by atoms with van der Waals surface area (Å²) in [5.74, 6) is 0.838. The molecule has 2 rings (SSSR count). The number of nitrogen functional groups attached to an aromatic ring is 1. The monoisotopic (exact) mass is 217 g/mol. The number of anilines is 2. The first-order valence-electron chi connectivity index (χ1n) is 5.18. The lowest BCUT2D eigenvalue weighted by Gasteiger charge is -2.07. The van der Waals surface area contributed by atoms with Crippen LogP contribution >= 0.6 is 0 Å². The fraction of sp³-hybridized carbons (Fsp3) is 0.273. The molecule has 0 aliphatic rings. The lowest BCUT2D eigenvalue weighted by molar-refractivity contribution is 0.742. The van der Waals surface area contributed by atoms with E-state index in [9.17, 15) is 0 Å². The van der Waals surface area contributed by atoms with Crippen molar-refractivity contribution in [1.29, 1.82) is 0 Å². The van der Waals surface area contributed by atoms with Crippen molar-refractivity contribution < 1.29 is 0 Å². The molecule has 0 saturated heterocycles. The van der Waals surface area contributed by atoms with Crippen molar-refractivity contribution in [1.82, 2.24) is 14.8 Å². The first kappa shape index (κ1) is 10.5. The predicted octanol–water partition coefficient (Wildman–Crippen LogP) is 1.05. The van der Waals surface area contributed by atoms with E-state index in [1.165, 1.54) is 0 Å². The molecule has 0 amide bonds. The van der Waals surface area contributed by atoms with Gasteiger partial charge >= 0.3 is 0 Å². The summed E-state index contributed by atoms with van der Waals surface area (Å²) in [7, 11) is 1.86. The number of aromatic nitrogens is 3. The molecule has 0 unspecified atom stereocenters. The maximum absolute atomic E-state index is 5.81. The minimum atomic E-state index is 0.761. The fourth-order valence-corrected chi connectivity index (χ4v) is 1.47. The molecule has 2 aromatic rings. The van der Waals surface area contributed by atoms with Crippen LogP contribution in [0.2, 0.25) is 0 Å². The minimum Gasteiger partial charge on any atom is -0.397 e. The Bertz CT molecular complexity index is 463. The largest absolute Gasteiger partial charge is 0.397 e. The van der Waals surface area contributed by atoms with E-state index in [4.69, 9.17) is 5.73 Å². The molecule has 1 aromatic heterocycles. The topological polar surface area (TPSA) is 68.8 Å². The summed E-state index contributed by atoms with van der Waals surface area (Å²) in [4.78, 5) is 4.15. The van der Waals surface area contributed by atoms with Crippen LogP contribution in [0.1, 0.15) is 5.82 Å². The van der Waals surface area contributed by atoms with Gasteiger partial charge in [-0.1, -0.05) is 12.1 Å². The van der Waals surface area contributed by atoms with Gasteiger partial charge in [0.2, 0.25) is 0 Å². The molecule has 1 aromatic carbocycles. The second-order valence-electron chi connectivity index (χ2n) is 3.60. The first-order valence-corrected chi connectivity index (χ1v) is 5.18. The summed E-state index contributed by atoms with van der Waals surface area (Å²) in [5.41, 5.74) is 7.52. The molecule has 0 aliphatic carbocycles. The van der Waals surface area contributed by atoms with Gasteiger partial charge in [-0.25, -0.2) is 4.98 Å². The molecule has 3 N–H and O–H groups in total. The van der Waals surface area contributed by atoms with Crippen LogP contribution in [0.5, 0.6) is 0 Å². The van der Waals surface area contributed by atoms with Crippen LogP contribution in [0, 0.1) is 0 Å². The van der Waals surface area contributed by atoms with Gasteiger partial charge in [-0.05, 0) is 12.1 Å². The van der Waals surface area contributed by atoms with E-state index >= 15 is 0 Å². The lowest BCUT2D eigenvalue weighted by atomic mass is 10.2. The average molecular weight is 217 g/mol. The number of nitrogens with two attached hydrogens (primary N) is 1. The quantitative estimate of drug-likeness (QED) is 0.751. The number of para-hydroxylation sites is 2. The van der Waals surface area contributed by atoms with E-state index in [0.29, 0.717) is 0 Å². The van der Waals surface area contributed by atoms with Crippen LogP contribution in [0.4, 0.5) is 11.4 Å². The van der Waals surface area contributed by atoms with Crippen molar-refractivity contribution in [3.8, 4) is 0 Å². The molecule has 5 heteroatoms. The van der Waals surface area contributed by atoms with Gasteiger partial charge in [0.05, 0.1) is 11.4 Å². The lowest BCUT2D eigenvalue weighted by Crippen LogP contribution is -2.07. The van der Waals surface area contributed by atoms with Gasteiger partial charge < -0.3 is 11.1 Å². The molecule has 0 atom stereocenters. The number of nitrogens with zero attached hydrogens (tertiary/aromatic N) is 3. The molecule has 0 radical (unpaired) electrons. The Hall–Kier alpha value is -2.04. The van der Waals surface area contributed by atoms with Crippen LogP contribution in [0.3, 0.4) is 0 Å². The van der Waals surface area contributed by atoms with Gasteiger partial charge in [0, 0.05) is 20.0 Å². The van der Waals surface area contributed by atoms with Gasteiger partial charge in [-0.2, -0.15) is 5.10 Å². The summed E-state index contributed by atoms with van der Waals surface area (Å²) in [6, 6.07) is 7.71. The third kappa shape index (κ3) is 2.50. The van der Waals surface area contributed by atoms with Crippen LogP contribution in [-0.2, 0) is 13.5 Å². The Morgan fingerprint density at radius 3 is 2.88 bits per heavy atom. The number of benzene rings is 1. The zero-order chi connectivity index (χ0) is 11.4. The van der Waals surface area contributed by atoms with E-state index in [1.807, 2.05) is 31.3 Å². The smallest absolute Gasteiger partial charge is 0.152 e. The number of hydrogen-bond donors (Lipinski definition) is 2. The standard InChI is InChI=1S/C11H15N5/c1-16-8-14-11(15-16)6-7-13-10-5-3-2-4-9(10)12/h2-5,8,13H,6-7,12H2,1H3. The predicted molar refractivity (Wildman–Crippen MR) is 64.1 cm³/mol. The molecule has 1 heterocycles. The highest BCUT2D eigenvalue weighted by atomic mass is 15.3. The molecule has 0 fully saturated rings. The van der Waals surface area contributed by atoms with Crippen LogP contribution in [0.15, 0.2) is 30.6 Å². The van der Waals surface area contributed by atoms with E-state index in [0.717, 1.165) is 30.2 Å². The number of aryl methyl sites for hydroxylation is 1. The molecular formula is C11H15N5. The van der Waals surface area contributed by atoms with E-state index in [2.05, 4.69) is 15.4 Å². The molecule has 0 saturated carbocycles. The van der Waals surface area contributed by atoms with Gasteiger partial charge in [0.1, 0.15) is 6.33 Å². The Kier molecular flexibility index (Phi) is 3.05. The second kappa shape index (κ2) is 4.65. The summed E-state index contributed by atoms with van der Waals surface area (Å²) in [5, 5.41) is 7.46. The Morgan fingerprint density at radius 2 is 2.19 bits per heavy atom. The zero-order valence-electron chi connectivity index (χ0n) is 9.22. The van der Waals surface area contributed by atoms with Crippen molar-refractivity contribution >= 4 is 11.4 Å². The van der Waals surface area contributed by atoms with Gasteiger partial charge in [-0.3, -0.25) is 4.68 Å². The summed E-state index contributed by atoms with van der Waals surface area (Å²) in [6.45, 7) is 0.776. The third-order valence-corrected chi connectivity index (χ3v) is 2.27. The van der Waals surface area contributed by atoms with Crippen molar-refractivity contribution in [2.24, 2.45) is 7.05 Å². The van der Waals surface area contributed by atoms with Crippen LogP contribution in [0.25, 0.3) is 0 Å². The number of nitrogens with one attached hydrogen (secondary N) is 1. The van der Waals surface area contributed by atoms with Gasteiger partial charge in [0.25, 0.3) is 0 Å². The van der Waals surface area contributed by atoms with Crippen LogP contribution in [-0.4, -0.2) is 21.3 Å². The average Bonchev–Trinajstić information content (AvgIpc) is 2.67. The first-order chi connectivity index (χ1) is 7.75. The summed E-state index contributed by atoms with van der Waals surface area (Å²) >= 11 is 0. The maximum atomic E-state index is 5.81. The highest BCUT2D eigenvalue weighted by molar-refractivity contribution is 5.65. The molecule has 0 bridgehead atoms. The molecular weight excluding hydrogens is 202 g/mol. The molecule has 84 valence electrons. The van der Waals surface area contributed by atoms with Gasteiger partial charge in [-0.15, -0.1) is 0 Å². The summed E-state index contributed by atoms with van der Waals surface area (Å²) in [6.07, 6.45) is 2.49.